The lowest BCUT2D eigenvalue weighted by molar-refractivity contribution is -0.224. The van der Waals surface area contributed by atoms with Crippen molar-refractivity contribution in [3.05, 3.63) is 47.5 Å². The number of hydrogen-bond donors (Lipinski definition) is 2. The van der Waals surface area contributed by atoms with E-state index in [-0.39, 0.29) is 5.91 Å². The van der Waals surface area contributed by atoms with E-state index in [0.29, 0.717) is 24.1 Å². The molecule has 0 spiro atoms. The maximum atomic E-state index is 13.2. The van der Waals surface area contributed by atoms with Gasteiger partial charge in [-0.1, -0.05) is 12.1 Å². The van der Waals surface area contributed by atoms with Crippen LogP contribution in [0.4, 0.5) is 4.39 Å². The molecule has 0 aliphatic heterocycles. The van der Waals surface area contributed by atoms with Gasteiger partial charge in [0.15, 0.2) is 0 Å². The third-order valence-electron chi connectivity index (χ3n) is 3.76. The zero-order valence-corrected chi connectivity index (χ0v) is 13.7. The van der Waals surface area contributed by atoms with Crippen LogP contribution in [-0.4, -0.2) is 48.5 Å². The summed E-state index contributed by atoms with van der Waals surface area (Å²) in [7, 11) is 2.75. The first-order chi connectivity index (χ1) is 11.6. The summed E-state index contributed by atoms with van der Waals surface area (Å²) in [5.41, 5.74) is 0.996. The topological polar surface area (TPSA) is 89.1 Å². The van der Waals surface area contributed by atoms with E-state index in [0.717, 1.165) is 12.2 Å². The van der Waals surface area contributed by atoms with Crippen LogP contribution >= 0.6 is 0 Å². The average molecular weight is 336 g/mol. The number of nitrogens with zero attached hydrogens (tertiary/aromatic N) is 2. The average Bonchev–Trinajstić information content (AvgIpc) is 3.14. The number of methoxy groups -OCH3 is 2. The van der Waals surface area contributed by atoms with Crippen molar-refractivity contribution in [1.29, 1.82) is 0 Å². The molecule has 2 rings (SSSR count). The minimum absolute atomic E-state index is 0.195. The predicted octanol–water partition coefficient (Wildman–Crippen LogP) is 1.58. The van der Waals surface area contributed by atoms with Crippen LogP contribution in [0.15, 0.2) is 30.6 Å². The third kappa shape index (κ3) is 4.15. The SMILES string of the molecule is COC(CF)(OC)c1ccc(C(=O)NCCCc2ncn[nH]2)cc1. The van der Waals surface area contributed by atoms with E-state index < -0.39 is 12.5 Å². The molecule has 1 aromatic heterocycles. The Morgan fingerprint density at radius 1 is 1.29 bits per heavy atom. The molecule has 0 fully saturated rings. The highest BCUT2D eigenvalue weighted by Gasteiger charge is 2.32. The van der Waals surface area contributed by atoms with Crippen LogP contribution in [0.5, 0.6) is 0 Å². The fourth-order valence-corrected chi connectivity index (χ4v) is 2.29. The molecule has 0 saturated heterocycles. The lowest BCUT2D eigenvalue weighted by atomic mass is 10.0. The van der Waals surface area contributed by atoms with Crippen LogP contribution < -0.4 is 5.32 Å². The number of alkyl halides is 1. The fraction of sp³-hybridized carbons (Fsp3) is 0.438. The van der Waals surface area contributed by atoms with Gasteiger partial charge in [-0.15, -0.1) is 0 Å². The first-order valence-corrected chi connectivity index (χ1v) is 7.54. The van der Waals surface area contributed by atoms with Crippen LogP contribution in [0.1, 0.15) is 28.2 Å². The summed E-state index contributed by atoms with van der Waals surface area (Å²) in [6.45, 7) is -0.307. The molecule has 2 N–H and O–H groups in total. The summed E-state index contributed by atoms with van der Waals surface area (Å²) in [5, 5.41) is 9.35. The molecule has 0 atom stereocenters. The quantitative estimate of drug-likeness (QED) is 0.536. The monoisotopic (exact) mass is 336 g/mol. The Balaban J connectivity index is 1.88. The number of ether oxygens (including phenoxy) is 2. The van der Waals surface area contributed by atoms with E-state index in [9.17, 15) is 9.18 Å². The molecule has 1 amide bonds. The van der Waals surface area contributed by atoms with Crippen molar-refractivity contribution in [2.75, 3.05) is 27.4 Å². The summed E-state index contributed by atoms with van der Waals surface area (Å²) >= 11 is 0. The van der Waals surface area contributed by atoms with Crippen molar-refractivity contribution in [2.24, 2.45) is 0 Å². The second kappa shape index (κ2) is 8.51. The Morgan fingerprint density at radius 3 is 2.54 bits per heavy atom. The van der Waals surface area contributed by atoms with Crippen molar-refractivity contribution >= 4 is 5.91 Å². The van der Waals surface area contributed by atoms with Crippen molar-refractivity contribution < 1.29 is 18.7 Å². The highest BCUT2D eigenvalue weighted by atomic mass is 19.1. The molecule has 8 heteroatoms. The van der Waals surface area contributed by atoms with Gasteiger partial charge in [-0.2, -0.15) is 5.10 Å². The van der Waals surface area contributed by atoms with Gasteiger partial charge in [-0.25, -0.2) is 9.37 Å². The number of hydrogen-bond acceptors (Lipinski definition) is 5. The van der Waals surface area contributed by atoms with Gasteiger partial charge in [0.25, 0.3) is 5.91 Å². The van der Waals surface area contributed by atoms with Crippen LogP contribution in [0, 0.1) is 0 Å². The minimum atomic E-state index is -1.44. The van der Waals surface area contributed by atoms with Gasteiger partial charge in [-0.05, 0) is 18.6 Å². The normalized spacial score (nSPS) is 11.5. The van der Waals surface area contributed by atoms with Crippen LogP contribution in [0.3, 0.4) is 0 Å². The van der Waals surface area contributed by atoms with Gasteiger partial charge >= 0.3 is 0 Å². The number of nitrogens with one attached hydrogen (secondary N) is 2. The van der Waals surface area contributed by atoms with Gasteiger partial charge in [-0.3, -0.25) is 9.89 Å². The molecule has 0 saturated carbocycles. The first-order valence-electron chi connectivity index (χ1n) is 7.54. The standard InChI is InChI=1S/C16H21FN4O3/c1-23-16(10-17,24-2)13-7-5-12(6-8-13)15(22)18-9-3-4-14-19-11-20-21-14/h5-8,11H,3-4,9-10H2,1-2H3,(H,18,22)(H,19,20,21). The number of aryl methyl sites for hydroxylation is 1. The number of carbonyl (C=O) groups excluding carboxylic acids is 1. The lowest BCUT2D eigenvalue weighted by Crippen LogP contribution is -2.33. The molecule has 0 radical (unpaired) electrons. The smallest absolute Gasteiger partial charge is 0.251 e. The first kappa shape index (κ1) is 18.0. The zero-order valence-electron chi connectivity index (χ0n) is 13.7. The number of carbonyl (C=O) groups is 1. The number of halogens is 1. The van der Waals surface area contributed by atoms with E-state index in [1.165, 1.54) is 20.5 Å². The maximum absolute atomic E-state index is 13.2. The molecule has 1 heterocycles. The number of amides is 1. The van der Waals surface area contributed by atoms with Gasteiger partial charge in [0.2, 0.25) is 5.79 Å². The Morgan fingerprint density at radius 2 is 2.00 bits per heavy atom. The van der Waals surface area contributed by atoms with Gasteiger partial charge in [0.1, 0.15) is 18.8 Å². The zero-order chi connectivity index (χ0) is 17.4. The van der Waals surface area contributed by atoms with Crippen LogP contribution in [0.25, 0.3) is 0 Å². The lowest BCUT2D eigenvalue weighted by Gasteiger charge is -2.28. The second-order valence-electron chi connectivity index (χ2n) is 5.16. The molecule has 0 aliphatic carbocycles. The number of rotatable bonds is 9. The van der Waals surface area contributed by atoms with Crippen molar-refractivity contribution in [3.8, 4) is 0 Å². The van der Waals surface area contributed by atoms with E-state index >= 15 is 0 Å². The van der Waals surface area contributed by atoms with Crippen molar-refractivity contribution in [1.82, 2.24) is 20.5 Å². The summed E-state index contributed by atoms with van der Waals surface area (Å²) in [6, 6.07) is 6.47. The molecule has 0 unspecified atom stereocenters. The highest BCUT2D eigenvalue weighted by molar-refractivity contribution is 5.94. The Hall–Kier alpha value is -2.32. The van der Waals surface area contributed by atoms with Crippen LogP contribution in [-0.2, 0) is 21.7 Å². The number of benzene rings is 1. The number of H-pyrrole nitrogens is 1. The Labute approximate surface area is 139 Å². The molecule has 1 aromatic carbocycles. The highest BCUT2D eigenvalue weighted by Crippen LogP contribution is 2.26. The molecule has 2 aromatic rings. The molecule has 130 valence electrons. The Bertz CT molecular complexity index is 619. The fourth-order valence-electron chi connectivity index (χ4n) is 2.29. The van der Waals surface area contributed by atoms with E-state index in [1.807, 2.05) is 0 Å². The third-order valence-corrected chi connectivity index (χ3v) is 3.76. The van der Waals surface area contributed by atoms with E-state index in [1.54, 1.807) is 24.3 Å². The van der Waals surface area contributed by atoms with E-state index in [2.05, 4.69) is 20.5 Å². The van der Waals surface area contributed by atoms with E-state index in [4.69, 9.17) is 9.47 Å². The summed E-state index contributed by atoms with van der Waals surface area (Å²) < 4.78 is 23.5. The molecule has 7 nitrogen and oxygen atoms in total. The molecular formula is C16H21FN4O3. The molecular weight excluding hydrogens is 315 g/mol. The summed E-state index contributed by atoms with van der Waals surface area (Å²) in [5.74, 6) is -0.846. The van der Waals surface area contributed by atoms with Crippen LogP contribution in [0.2, 0.25) is 0 Å². The van der Waals surface area contributed by atoms with Gasteiger partial charge in [0.05, 0.1) is 0 Å². The second-order valence-corrected chi connectivity index (χ2v) is 5.16. The molecule has 24 heavy (non-hydrogen) atoms. The van der Waals surface area contributed by atoms with Crippen molar-refractivity contribution in [2.45, 2.75) is 18.6 Å². The summed E-state index contributed by atoms with van der Waals surface area (Å²) in [4.78, 5) is 16.1. The maximum Gasteiger partial charge on any atom is 0.251 e. The minimum Gasteiger partial charge on any atom is -0.352 e. The predicted molar refractivity (Wildman–Crippen MR) is 85.1 cm³/mol. The largest absolute Gasteiger partial charge is 0.352 e. The van der Waals surface area contributed by atoms with Gasteiger partial charge in [0, 0.05) is 38.3 Å². The number of aromatic amines is 1. The van der Waals surface area contributed by atoms with Gasteiger partial charge < -0.3 is 14.8 Å². The number of aromatic nitrogens is 3. The molecule has 0 bridgehead atoms. The summed E-state index contributed by atoms with van der Waals surface area (Å²) in [6.07, 6.45) is 2.91. The Kier molecular flexibility index (Phi) is 6.39. The van der Waals surface area contributed by atoms with Crippen molar-refractivity contribution in [3.63, 3.8) is 0 Å². The molecule has 0 aliphatic rings.